The van der Waals surface area contributed by atoms with Crippen molar-refractivity contribution in [2.75, 3.05) is 6.79 Å². The Balaban J connectivity index is 2.23. The number of amides is 1. The minimum Gasteiger partial charge on any atom is -0.454 e. The number of aliphatic imine (C=N–C) groups is 1. The van der Waals surface area contributed by atoms with E-state index in [4.69, 9.17) is 21.1 Å². The molecule has 18 heavy (non-hydrogen) atoms. The van der Waals surface area contributed by atoms with Crippen LogP contribution in [-0.2, 0) is 0 Å². The van der Waals surface area contributed by atoms with Gasteiger partial charge in [-0.1, -0.05) is 11.6 Å². The smallest absolute Gasteiger partial charge is 0.297 e. The fourth-order valence-corrected chi connectivity index (χ4v) is 3.17. The number of thiocarbonyl (C=S) groups is 1. The van der Waals surface area contributed by atoms with Crippen molar-refractivity contribution in [3.63, 3.8) is 0 Å². The van der Waals surface area contributed by atoms with Gasteiger partial charge in [-0.15, -0.1) is 11.3 Å². The Kier molecular flexibility index (Phi) is 2.80. The van der Waals surface area contributed by atoms with Gasteiger partial charge < -0.3 is 9.47 Å². The highest BCUT2D eigenvalue weighted by Crippen LogP contribution is 2.43. The first kappa shape index (κ1) is 11.6. The Bertz CT molecular complexity index is 719. The summed E-state index contributed by atoms with van der Waals surface area (Å²) >= 11 is 11.8. The van der Waals surface area contributed by atoms with Gasteiger partial charge in [0.25, 0.3) is 5.91 Å². The first-order chi connectivity index (χ1) is 8.70. The number of rotatable bonds is 1. The van der Waals surface area contributed by atoms with Gasteiger partial charge in [-0.3, -0.25) is 4.79 Å². The first-order valence-corrected chi connectivity index (χ1v) is 6.45. The van der Waals surface area contributed by atoms with Gasteiger partial charge in [0, 0.05) is 16.2 Å². The molecule has 0 atom stereocenters. The van der Waals surface area contributed by atoms with E-state index in [0.29, 0.717) is 21.4 Å². The summed E-state index contributed by atoms with van der Waals surface area (Å²) in [5.74, 6) is 0.787. The van der Waals surface area contributed by atoms with Gasteiger partial charge in [0.15, 0.2) is 11.5 Å². The Hall–Kier alpha value is -1.46. The molecule has 1 aliphatic rings. The molecule has 1 aliphatic heterocycles. The summed E-state index contributed by atoms with van der Waals surface area (Å²) < 4.78 is 11.4. The molecule has 0 aliphatic carbocycles. The lowest BCUT2D eigenvalue weighted by Gasteiger charge is -1.95. The second-order valence-corrected chi connectivity index (χ2v) is 5.07. The molecule has 4 nitrogen and oxygen atoms in total. The van der Waals surface area contributed by atoms with Crippen LogP contribution in [0.25, 0.3) is 10.1 Å². The maximum Gasteiger partial charge on any atom is 0.297 e. The van der Waals surface area contributed by atoms with Crippen molar-refractivity contribution in [2.45, 2.75) is 0 Å². The Labute approximate surface area is 116 Å². The van der Waals surface area contributed by atoms with Crippen LogP contribution in [0.4, 0.5) is 0 Å². The van der Waals surface area contributed by atoms with Crippen LogP contribution in [-0.4, -0.2) is 17.9 Å². The third-order valence-corrected chi connectivity index (χ3v) is 4.20. The van der Waals surface area contributed by atoms with Gasteiger partial charge in [0.1, 0.15) is 4.88 Å². The Morgan fingerprint density at radius 3 is 2.89 bits per heavy atom. The van der Waals surface area contributed by atoms with Gasteiger partial charge >= 0.3 is 0 Å². The predicted molar refractivity (Wildman–Crippen MR) is 72.3 cm³/mol. The Morgan fingerprint density at radius 1 is 1.44 bits per heavy atom. The van der Waals surface area contributed by atoms with Crippen LogP contribution in [0.2, 0.25) is 5.02 Å². The molecular weight excluding hydrogens is 294 g/mol. The van der Waals surface area contributed by atoms with Crippen LogP contribution in [0.3, 0.4) is 0 Å². The van der Waals surface area contributed by atoms with Crippen LogP contribution < -0.4 is 9.47 Å². The highest BCUT2D eigenvalue weighted by Gasteiger charge is 2.21. The number of benzene rings is 1. The molecule has 2 aromatic rings. The van der Waals surface area contributed by atoms with Crippen molar-refractivity contribution in [3.05, 3.63) is 22.0 Å². The van der Waals surface area contributed by atoms with Crippen molar-refractivity contribution in [3.8, 4) is 11.5 Å². The lowest BCUT2D eigenvalue weighted by atomic mass is 10.2. The van der Waals surface area contributed by atoms with E-state index in [1.807, 2.05) is 5.16 Å². The van der Waals surface area contributed by atoms with Crippen molar-refractivity contribution in [1.82, 2.24) is 0 Å². The minimum atomic E-state index is -0.488. The van der Waals surface area contributed by atoms with E-state index >= 15 is 0 Å². The molecule has 1 aromatic carbocycles. The number of hydrogen-bond donors (Lipinski definition) is 0. The standard InChI is InChI=1S/C11H4ClNO3S2/c12-9-5-1-6-7(16-4-15-6)2-8(5)18-10(9)11(14)13-3-17/h1-2H,4H2. The van der Waals surface area contributed by atoms with Crippen molar-refractivity contribution in [1.29, 1.82) is 0 Å². The molecule has 3 rings (SSSR count). The molecule has 0 unspecified atom stereocenters. The predicted octanol–water partition coefficient (Wildman–Crippen LogP) is 3.53. The summed E-state index contributed by atoms with van der Waals surface area (Å²) in [6.07, 6.45) is 0. The monoisotopic (exact) mass is 297 g/mol. The summed E-state index contributed by atoms with van der Waals surface area (Å²) in [7, 11) is 0. The molecule has 0 bridgehead atoms. The SMILES string of the molecule is O=C(N=C=S)c1sc2cc3c(cc2c1Cl)OCO3. The second-order valence-electron chi connectivity index (χ2n) is 3.46. The summed E-state index contributed by atoms with van der Waals surface area (Å²) in [5, 5.41) is 3.14. The van der Waals surface area contributed by atoms with Crippen LogP contribution in [0.1, 0.15) is 9.67 Å². The lowest BCUT2D eigenvalue weighted by Crippen LogP contribution is -1.93. The molecule has 1 amide bonds. The molecule has 0 spiro atoms. The van der Waals surface area contributed by atoms with Crippen molar-refractivity contribution in [2.24, 2.45) is 4.99 Å². The summed E-state index contributed by atoms with van der Waals surface area (Å²) in [4.78, 5) is 15.4. The number of hydrogen-bond acceptors (Lipinski definition) is 5. The zero-order valence-electron chi connectivity index (χ0n) is 8.73. The molecule has 0 saturated carbocycles. The first-order valence-electron chi connectivity index (χ1n) is 4.84. The van der Waals surface area contributed by atoms with Gasteiger partial charge in [-0.05, 0) is 18.3 Å². The second kappa shape index (κ2) is 4.33. The third kappa shape index (κ3) is 1.71. The van der Waals surface area contributed by atoms with Gasteiger partial charge in [-0.2, -0.15) is 4.99 Å². The summed E-state index contributed by atoms with van der Waals surface area (Å²) in [6.45, 7) is 0.200. The molecular formula is C11H4ClNO3S2. The number of fused-ring (bicyclic) bond motifs is 2. The number of nitrogens with zero attached hydrogens (tertiary/aromatic N) is 1. The van der Waals surface area contributed by atoms with E-state index in [1.165, 1.54) is 11.3 Å². The molecule has 7 heteroatoms. The average Bonchev–Trinajstić information content (AvgIpc) is 2.92. The maximum absolute atomic E-state index is 11.7. The molecule has 0 saturated heterocycles. The highest BCUT2D eigenvalue weighted by atomic mass is 35.5. The van der Waals surface area contributed by atoms with E-state index in [0.717, 1.165) is 10.1 Å². The maximum atomic E-state index is 11.7. The molecule has 0 radical (unpaired) electrons. The number of thiophene rings is 1. The highest BCUT2D eigenvalue weighted by molar-refractivity contribution is 7.78. The van der Waals surface area contributed by atoms with Crippen molar-refractivity contribution < 1.29 is 14.3 Å². The van der Waals surface area contributed by atoms with Gasteiger partial charge in [0.05, 0.1) is 10.2 Å². The van der Waals surface area contributed by atoms with Gasteiger partial charge in [-0.25, -0.2) is 0 Å². The number of carbonyl (C=O) groups excluding carboxylic acids is 1. The molecule has 2 heterocycles. The van der Waals surface area contributed by atoms with Crippen molar-refractivity contribution >= 4 is 56.3 Å². The number of isothiocyanates is 1. The zero-order chi connectivity index (χ0) is 12.7. The van der Waals surface area contributed by atoms with Crippen LogP contribution in [0.15, 0.2) is 17.1 Å². The zero-order valence-corrected chi connectivity index (χ0v) is 11.1. The van der Waals surface area contributed by atoms with Crippen LogP contribution in [0.5, 0.6) is 11.5 Å². The minimum absolute atomic E-state index is 0.200. The van der Waals surface area contributed by atoms with E-state index in [9.17, 15) is 4.79 Å². The quantitative estimate of drug-likeness (QED) is 0.597. The average molecular weight is 298 g/mol. The molecule has 0 fully saturated rings. The normalized spacial score (nSPS) is 12.5. The summed E-state index contributed by atoms with van der Waals surface area (Å²) in [5.41, 5.74) is 0. The fraction of sp³-hybridized carbons (Fsp3) is 0.0909. The van der Waals surface area contributed by atoms with Crippen LogP contribution in [0, 0.1) is 0 Å². The molecule has 90 valence electrons. The van der Waals surface area contributed by atoms with E-state index in [-0.39, 0.29) is 6.79 Å². The third-order valence-electron chi connectivity index (χ3n) is 2.46. The topological polar surface area (TPSA) is 47.9 Å². The van der Waals surface area contributed by atoms with E-state index in [1.54, 1.807) is 12.1 Å². The molecule has 0 N–H and O–H groups in total. The summed E-state index contributed by atoms with van der Waals surface area (Å²) in [6, 6.07) is 3.56. The number of carbonyl (C=O) groups is 1. The number of halogens is 1. The lowest BCUT2D eigenvalue weighted by molar-refractivity contribution is 0.101. The number of ether oxygens (including phenoxy) is 2. The molecule has 1 aromatic heterocycles. The fourth-order valence-electron chi connectivity index (χ4n) is 1.69. The van der Waals surface area contributed by atoms with Gasteiger partial charge in [0.2, 0.25) is 6.79 Å². The van der Waals surface area contributed by atoms with E-state index in [2.05, 4.69) is 17.2 Å². The van der Waals surface area contributed by atoms with Crippen LogP contribution >= 0.6 is 35.2 Å². The Morgan fingerprint density at radius 2 is 2.17 bits per heavy atom. The van der Waals surface area contributed by atoms with E-state index < -0.39 is 5.91 Å². The largest absolute Gasteiger partial charge is 0.454 e.